The lowest BCUT2D eigenvalue weighted by molar-refractivity contribution is 1.10. The third-order valence-electron chi connectivity index (χ3n) is 1.41. The van der Waals surface area contributed by atoms with E-state index in [4.69, 9.17) is 0 Å². The van der Waals surface area contributed by atoms with Crippen molar-refractivity contribution < 1.29 is 0 Å². The van der Waals surface area contributed by atoms with Crippen LogP contribution in [0.5, 0.6) is 0 Å². The fourth-order valence-corrected chi connectivity index (χ4v) is 0.833. The van der Waals surface area contributed by atoms with Crippen LogP contribution in [0.4, 0.5) is 5.69 Å². The molecule has 0 spiro atoms. The number of hydrogen-bond acceptors (Lipinski definition) is 3. The molecule has 3 nitrogen and oxygen atoms in total. The Morgan fingerprint density at radius 3 is 3.09 bits per heavy atom. The van der Waals surface area contributed by atoms with Gasteiger partial charge in [-0.2, -0.15) is 5.10 Å². The van der Waals surface area contributed by atoms with Gasteiger partial charge in [-0.25, -0.2) is 0 Å². The van der Waals surface area contributed by atoms with Gasteiger partial charge in [0.25, 0.3) is 0 Å². The topological polar surface area (TPSA) is 37.3 Å². The molecule has 11 heavy (non-hydrogen) atoms. The first-order valence-electron chi connectivity index (χ1n) is 3.52. The summed E-state index contributed by atoms with van der Waals surface area (Å²) in [5, 5.41) is 3.54. The minimum atomic E-state index is 0.888. The lowest BCUT2D eigenvalue weighted by Crippen LogP contribution is -1.89. The molecule has 3 heteroatoms. The number of aromatic nitrogens is 1. The van der Waals surface area contributed by atoms with E-state index >= 15 is 0 Å². The summed E-state index contributed by atoms with van der Waals surface area (Å²) in [4.78, 5) is 4.02. The summed E-state index contributed by atoms with van der Waals surface area (Å²) in [5.41, 5.74) is 4.82. The van der Waals surface area contributed by atoms with Crippen molar-refractivity contribution in [1.29, 1.82) is 0 Å². The Bertz CT molecular complexity index is 245. The molecule has 0 unspecified atom stereocenters. The van der Waals surface area contributed by atoms with Gasteiger partial charge in [-0.15, -0.1) is 0 Å². The molecule has 0 saturated carbocycles. The third-order valence-corrected chi connectivity index (χ3v) is 1.41. The van der Waals surface area contributed by atoms with Crippen molar-refractivity contribution in [3.8, 4) is 0 Å². The number of rotatable bonds is 3. The van der Waals surface area contributed by atoms with Crippen LogP contribution in [0.25, 0.3) is 0 Å². The molecule has 1 N–H and O–H groups in total. The highest BCUT2D eigenvalue weighted by Gasteiger charge is 1.91. The molecule has 58 valence electrons. The lowest BCUT2D eigenvalue weighted by Gasteiger charge is -1.99. The second-order valence-electron chi connectivity index (χ2n) is 2.21. The third kappa shape index (κ3) is 2.04. The summed E-state index contributed by atoms with van der Waals surface area (Å²) in [7, 11) is 0. The molecule has 0 aliphatic carbocycles. The van der Waals surface area contributed by atoms with Gasteiger partial charge in [-0.1, -0.05) is 6.92 Å². The maximum Gasteiger partial charge on any atom is 0.0747 e. The molecule has 0 aromatic carbocycles. The van der Waals surface area contributed by atoms with Gasteiger partial charge in [-0.05, 0) is 18.1 Å². The Morgan fingerprint density at radius 2 is 2.45 bits per heavy atom. The maximum absolute atomic E-state index is 4.02. The SMILES string of the molecule is C=NNc1cncc(CC)c1. The fraction of sp³-hybridized carbons (Fsp3) is 0.250. The van der Waals surface area contributed by atoms with Gasteiger partial charge in [0, 0.05) is 12.9 Å². The zero-order valence-corrected chi connectivity index (χ0v) is 6.54. The van der Waals surface area contributed by atoms with E-state index in [1.165, 1.54) is 5.56 Å². The molecular formula is C8H11N3. The Kier molecular flexibility index (Phi) is 2.60. The van der Waals surface area contributed by atoms with Gasteiger partial charge in [-0.3, -0.25) is 10.4 Å². The predicted octanol–water partition coefficient (Wildman–Crippen LogP) is 1.67. The van der Waals surface area contributed by atoms with Crippen LogP contribution in [0.3, 0.4) is 0 Å². The first-order chi connectivity index (χ1) is 5.36. The van der Waals surface area contributed by atoms with E-state index in [1.807, 2.05) is 12.3 Å². The molecule has 1 aromatic rings. The minimum Gasteiger partial charge on any atom is -0.278 e. The van der Waals surface area contributed by atoms with E-state index in [2.05, 4.69) is 29.2 Å². The number of hydrazone groups is 1. The number of anilines is 1. The second kappa shape index (κ2) is 3.71. The lowest BCUT2D eigenvalue weighted by atomic mass is 10.2. The quantitative estimate of drug-likeness (QED) is 0.524. The van der Waals surface area contributed by atoms with Crippen molar-refractivity contribution in [3.05, 3.63) is 24.0 Å². The van der Waals surface area contributed by atoms with Crippen molar-refractivity contribution in [3.63, 3.8) is 0 Å². The predicted molar refractivity (Wildman–Crippen MR) is 46.8 cm³/mol. The van der Waals surface area contributed by atoms with Crippen LogP contribution in [-0.4, -0.2) is 11.7 Å². The molecule has 0 bridgehead atoms. The molecule has 1 rings (SSSR count). The number of aryl methyl sites for hydroxylation is 1. The normalized spacial score (nSPS) is 9.18. The number of nitrogens with zero attached hydrogens (tertiary/aromatic N) is 2. The summed E-state index contributed by atoms with van der Waals surface area (Å²) in [6.07, 6.45) is 4.54. The first-order valence-corrected chi connectivity index (χ1v) is 3.52. The molecule has 0 aliphatic heterocycles. The number of hydrogen-bond donors (Lipinski definition) is 1. The summed E-state index contributed by atoms with van der Waals surface area (Å²) in [5.74, 6) is 0. The number of pyridine rings is 1. The van der Waals surface area contributed by atoms with Gasteiger partial charge in [0.15, 0.2) is 0 Å². The van der Waals surface area contributed by atoms with Crippen LogP contribution in [0.2, 0.25) is 0 Å². The molecule has 1 heterocycles. The van der Waals surface area contributed by atoms with Crippen LogP contribution in [-0.2, 0) is 6.42 Å². The van der Waals surface area contributed by atoms with Crippen molar-refractivity contribution in [2.24, 2.45) is 5.10 Å². The van der Waals surface area contributed by atoms with E-state index in [0.29, 0.717) is 0 Å². The monoisotopic (exact) mass is 149 g/mol. The van der Waals surface area contributed by atoms with Crippen molar-refractivity contribution >= 4 is 12.4 Å². The zero-order valence-electron chi connectivity index (χ0n) is 6.54. The highest BCUT2D eigenvalue weighted by Crippen LogP contribution is 2.07. The van der Waals surface area contributed by atoms with Crippen LogP contribution < -0.4 is 5.43 Å². The molecule has 0 aliphatic rings. The maximum atomic E-state index is 4.02. The molecule has 0 fully saturated rings. The minimum absolute atomic E-state index is 0.888. The highest BCUT2D eigenvalue weighted by molar-refractivity contribution is 5.44. The Morgan fingerprint density at radius 1 is 1.64 bits per heavy atom. The van der Waals surface area contributed by atoms with E-state index in [1.54, 1.807) is 6.20 Å². The Balaban J connectivity index is 2.82. The van der Waals surface area contributed by atoms with Gasteiger partial charge >= 0.3 is 0 Å². The van der Waals surface area contributed by atoms with Crippen LogP contribution in [0.15, 0.2) is 23.6 Å². The Hall–Kier alpha value is -1.38. The van der Waals surface area contributed by atoms with Crippen LogP contribution >= 0.6 is 0 Å². The summed E-state index contributed by atoms with van der Waals surface area (Å²) >= 11 is 0. The van der Waals surface area contributed by atoms with Crippen molar-refractivity contribution in [2.75, 3.05) is 5.43 Å². The second-order valence-corrected chi connectivity index (χ2v) is 2.21. The van der Waals surface area contributed by atoms with E-state index in [9.17, 15) is 0 Å². The molecule has 0 saturated heterocycles. The average molecular weight is 149 g/mol. The first kappa shape index (κ1) is 7.72. The molecule has 0 amide bonds. The van der Waals surface area contributed by atoms with Crippen molar-refractivity contribution in [1.82, 2.24) is 4.98 Å². The van der Waals surface area contributed by atoms with Gasteiger partial charge in [0.2, 0.25) is 0 Å². The molecule has 0 atom stereocenters. The summed E-state index contributed by atoms with van der Waals surface area (Å²) < 4.78 is 0. The molecule has 1 aromatic heterocycles. The van der Waals surface area contributed by atoms with E-state index in [-0.39, 0.29) is 0 Å². The molecule has 0 radical (unpaired) electrons. The van der Waals surface area contributed by atoms with E-state index < -0.39 is 0 Å². The van der Waals surface area contributed by atoms with Gasteiger partial charge in [0.1, 0.15) is 0 Å². The smallest absolute Gasteiger partial charge is 0.0747 e. The van der Waals surface area contributed by atoms with Gasteiger partial charge in [0.05, 0.1) is 11.9 Å². The summed E-state index contributed by atoms with van der Waals surface area (Å²) in [6.45, 7) is 5.41. The van der Waals surface area contributed by atoms with Crippen LogP contribution in [0.1, 0.15) is 12.5 Å². The van der Waals surface area contributed by atoms with Crippen LogP contribution in [0, 0.1) is 0 Å². The zero-order chi connectivity index (χ0) is 8.10. The van der Waals surface area contributed by atoms with E-state index in [0.717, 1.165) is 12.1 Å². The molecular weight excluding hydrogens is 138 g/mol. The number of nitrogens with one attached hydrogen (secondary N) is 1. The highest BCUT2D eigenvalue weighted by atomic mass is 15.3. The van der Waals surface area contributed by atoms with Gasteiger partial charge < -0.3 is 0 Å². The average Bonchev–Trinajstić information content (AvgIpc) is 2.06. The largest absolute Gasteiger partial charge is 0.278 e. The Labute approximate surface area is 66.2 Å². The van der Waals surface area contributed by atoms with Crippen molar-refractivity contribution in [2.45, 2.75) is 13.3 Å². The fourth-order valence-electron chi connectivity index (χ4n) is 0.833. The standard InChI is InChI=1S/C8H11N3/c1-3-7-4-8(11-9-2)6-10-5-7/h4-6,11H,2-3H2,1H3. The summed E-state index contributed by atoms with van der Waals surface area (Å²) in [6, 6.07) is 2.00.